The molecule has 1 atom stereocenters. The van der Waals surface area contributed by atoms with Crippen molar-refractivity contribution in [2.75, 3.05) is 35.2 Å². The van der Waals surface area contributed by atoms with Gasteiger partial charge in [-0.05, 0) is 49.1 Å². The van der Waals surface area contributed by atoms with Crippen LogP contribution < -0.4 is 20.3 Å². The molecular weight excluding hydrogens is 384 g/mol. The van der Waals surface area contributed by atoms with Crippen molar-refractivity contribution in [1.82, 2.24) is 4.98 Å². The predicted molar refractivity (Wildman–Crippen MR) is 114 cm³/mol. The summed E-state index contributed by atoms with van der Waals surface area (Å²) in [5, 5.41) is 15.2. The predicted octanol–water partition coefficient (Wildman–Crippen LogP) is 2.97. The Morgan fingerprint density at radius 3 is 2.83 bits per heavy atom. The summed E-state index contributed by atoms with van der Waals surface area (Å²) in [6.07, 6.45) is 4.03. The second-order valence-corrected chi connectivity index (χ2v) is 7.81. The Morgan fingerprint density at radius 2 is 2.10 bits per heavy atom. The van der Waals surface area contributed by atoms with E-state index in [1.807, 2.05) is 30.3 Å². The van der Waals surface area contributed by atoms with E-state index in [-0.39, 0.29) is 18.4 Å². The van der Waals surface area contributed by atoms with E-state index in [2.05, 4.69) is 20.5 Å². The van der Waals surface area contributed by atoms with Crippen molar-refractivity contribution in [3.63, 3.8) is 0 Å². The Bertz CT molecular complexity index is 901. The third-order valence-corrected chi connectivity index (χ3v) is 5.20. The number of pyridine rings is 1. The van der Waals surface area contributed by atoms with E-state index in [0.29, 0.717) is 36.9 Å². The number of aromatic nitrogens is 1. The number of benzene rings is 1. The molecule has 0 bridgehead atoms. The molecule has 1 aliphatic heterocycles. The van der Waals surface area contributed by atoms with Gasteiger partial charge in [-0.25, -0.2) is 4.98 Å². The second kappa shape index (κ2) is 9.02. The highest BCUT2D eigenvalue weighted by Gasteiger charge is 2.32. The summed E-state index contributed by atoms with van der Waals surface area (Å²) in [5.41, 5.74) is 1.62. The Morgan fingerprint density at radius 1 is 1.23 bits per heavy atom. The van der Waals surface area contributed by atoms with E-state index in [0.717, 1.165) is 18.1 Å². The van der Waals surface area contributed by atoms with Crippen molar-refractivity contribution in [3.8, 4) is 5.75 Å². The number of nitrogens with zero attached hydrogens (tertiary/aromatic N) is 2. The first-order valence-electron chi connectivity index (χ1n) is 10.3. The van der Waals surface area contributed by atoms with Crippen LogP contribution in [0.15, 0.2) is 42.6 Å². The van der Waals surface area contributed by atoms with Crippen LogP contribution in [0.3, 0.4) is 0 Å². The van der Waals surface area contributed by atoms with Crippen LogP contribution in [0.25, 0.3) is 0 Å². The normalized spacial score (nSPS) is 17.6. The molecule has 0 saturated heterocycles. The van der Waals surface area contributed by atoms with Gasteiger partial charge in [-0.3, -0.25) is 9.59 Å². The van der Waals surface area contributed by atoms with Crippen LogP contribution in [0.2, 0.25) is 0 Å². The minimum Gasteiger partial charge on any atom is -0.486 e. The molecule has 3 N–H and O–H groups in total. The fourth-order valence-corrected chi connectivity index (χ4v) is 3.58. The molecule has 30 heavy (non-hydrogen) atoms. The highest BCUT2D eigenvalue weighted by molar-refractivity contribution is 5.92. The van der Waals surface area contributed by atoms with Crippen molar-refractivity contribution in [3.05, 3.63) is 42.6 Å². The molecule has 2 aliphatic rings. The summed E-state index contributed by atoms with van der Waals surface area (Å²) in [6, 6.07) is 11.1. The van der Waals surface area contributed by atoms with Gasteiger partial charge < -0.3 is 25.4 Å². The smallest absolute Gasteiger partial charge is 0.307 e. The molecule has 1 unspecified atom stereocenters. The van der Waals surface area contributed by atoms with Crippen molar-refractivity contribution in [2.24, 2.45) is 5.92 Å². The van der Waals surface area contributed by atoms with E-state index in [4.69, 9.17) is 9.84 Å². The van der Waals surface area contributed by atoms with Gasteiger partial charge in [0.1, 0.15) is 17.7 Å². The number of rotatable bonds is 9. The highest BCUT2D eigenvalue weighted by Crippen LogP contribution is 2.39. The molecule has 2 aromatic rings. The number of carbonyl (C=O) groups excluding carboxylic acids is 1. The maximum Gasteiger partial charge on any atom is 0.307 e. The van der Waals surface area contributed by atoms with Crippen molar-refractivity contribution in [2.45, 2.75) is 31.8 Å². The Hall–Kier alpha value is -3.29. The number of fused-ring (bicyclic) bond motifs is 1. The first-order chi connectivity index (χ1) is 14.6. The molecule has 1 amide bonds. The molecule has 8 heteroatoms. The van der Waals surface area contributed by atoms with E-state index >= 15 is 0 Å². The van der Waals surface area contributed by atoms with Crippen LogP contribution in [-0.4, -0.2) is 47.7 Å². The van der Waals surface area contributed by atoms with E-state index in [1.54, 1.807) is 12.3 Å². The SMILES string of the molecule is O=C(O)CC1CN(CC2CC2)c2cc(NC(=O)CCNc3ccccn3)ccc2O1. The monoisotopic (exact) mass is 410 g/mol. The molecule has 1 aliphatic carbocycles. The molecule has 0 spiro atoms. The Kier molecular flexibility index (Phi) is 6.02. The number of nitrogens with one attached hydrogen (secondary N) is 2. The van der Waals surface area contributed by atoms with E-state index < -0.39 is 5.97 Å². The van der Waals surface area contributed by atoms with Gasteiger partial charge in [-0.2, -0.15) is 0 Å². The minimum atomic E-state index is -0.863. The number of aliphatic carboxylic acids is 1. The lowest BCUT2D eigenvalue weighted by atomic mass is 10.1. The van der Waals surface area contributed by atoms with E-state index in [1.165, 1.54) is 12.8 Å². The number of carboxylic acids is 1. The Balaban J connectivity index is 1.38. The molecule has 1 aromatic carbocycles. The van der Waals surface area contributed by atoms with Gasteiger partial charge in [0.05, 0.1) is 18.7 Å². The maximum absolute atomic E-state index is 12.3. The Labute approximate surface area is 175 Å². The largest absolute Gasteiger partial charge is 0.486 e. The molecule has 1 saturated carbocycles. The van der Waals surface area contributed by atoms with Gasteiger partial charge in [0.15, 0.2) is 0 Å². The summed E-state index contributed by atoms with van der Waals surface area (Å²) in [4.78, 5) is 29.8. The summed E-state index contributed by atoms with van der Waals surface area (Å²) in [6.45, 7) is 1.92. The van der Waals surface area contributed by atoms with Crippen LogP contribution in [0.4, 0.5) is 17.2 Å². The number of carboxylic acid groups (broad SMARTS) is 1. The van der Waals surface area contributed by atoms with Gasteiger partial charge in [-0.15, -0.1) is 0 Å². The fraction of sp³-hybridized carbons (Fsp3) is 0.409. The van der Waals surface area contributed by atoms with Crippen LogP contribution in [0.5, 0.6) is 5.75 Å². The summed E-state index contributed by atoms with van der Waals surface area (Å²) >= 11 is 0. The molecular formula is C22H26N4O4. The minimum absolute atomic E-state index is 0.0254. The number of amides is 1. The standard InChI is InChI=1S/C22H26N4O4/c27-21(8-10-24-20-3-1-2-9-23-20)25-16-6-7-19-18(11-16)26(13-15-4-5-15)14-17(30-19)12-22(28)29/h1-3,6-7,9,11,15,17H,4-5,8,10,12-14H2,(H,23,24)(H,25,27)(H,28,29). The number of carbonyl (C=O) groups is 2. The number of ether oxygens (including phenoxy) is 1. The van der Waals surface area contributed by atoms with Crippen molar-refractivity contribution >= 4 is 29.1 Å². The van der Waals surface area contributed by atoms with Crippen molar-refractivity contribution < 1.29 is 19.4 Å². The molecule has 0 radical (unpaired) electrons. The van der Waals surface area contributed by atoms with E-state index in [9.17, 15) is 9.59 Å². The summed E-state index contributed by atoms with van der Waals surface area (Å²) < 4.78 is 5.90. The lowest BCUT2D eigenvalue weighted by Gasteiger charge is -2.36. The topological polar surface area (TPSA) is 104 Å². The van der Waals surface area contributed by atoms with Crippen molar-refractivity contribution in [1.29, 1.82) is 0 Å². The second-order valence-electron chi connectivity index (χ2n) is 7.81. The summed E-state index contributed by atoms with van der Waals surface area (Å²) in [5.74, 6) is 1.11. The van der Waals surface area contributed by atoms with Crippen LogP contribution in [-0.2, 0) is 9.59 Å². The quantitative estimate of drug-likeness (QED) is 0.584. The molecule has 2 heterocycles. The average Bonchev–Trinajstić information content (AvgIpc) is 3.53. The third kappa shape index (κ3) is 5.40. The summed E-state index contributed by atoms with van der Waals surface area (Å²) in [7, 11) is 0. The zero-order chi connectivity index (χ0) is 20.9. The lowest BCUT2D eigenvalue weighted by Crippen LogP contribution is -2.42. The van der Waals surface area contributed by atoms with Gasteiger partial charge >= 0.3 is 5.97 Å². The van der Waals surface area contributed by atoms with Gasteiger partial charge in [-0.1, -0.05) is 6.07 Å². The lowest BCUT2D eigenvalue weighted by molar-refractivity contribution is -0.138. The maximum atomic E-state index is 12.3. The molecule has 8 nitrogen and oxygen atoms in total. The molecule has 1 fully saturated rings. The van der Waals surface area contributed by atoms with Crippen LogP contribution >= 0.6 is 0 Å². The third-order valence-electron chi connectivity index (χ3n) is 5.20. The van der Waals surface area contributed by atoms with Crippen LogP contribution in [0, 0.1) is 5.92 Å². The zero-order valence-corrected chi connectivity index (χ0v) is 16.7. The highest BCUT2D eigenvalue weighted by atomic mass is 16.5. The van der Waals surface area contributed by atoms with Gasteiger partial charge in [0.25, 0.3) is 0 Å². The van der Waals surface area contributed by atoms with Gasteiger partial charge in [0, 0.05) is 31.4 Å². The number of anilines is 3. The zero-order valence-electron chi connectivity index (χ0n) is 16.7. The number of hydrogen-bond acceptors (Lipinski definition) is 6. The molecule has 1 aromatic heterocycles. The first-order valence-corrected chi connectivity index (χ1v) is 10.3. The first kappa shape index (κ1) is 20.0. The fourth-order valence-electron chi connectivity index (χ4n) is 3.58. The van der Waals surface area contributed by atoms with Gasteiger partial charge in [0.2, 0.25) is 5.91 Å². The molecule has 4 rings (SSSR count). The van der Waals surface area contributed by atoms with Crippen LogP contribution in [0.1, 0.15) is 25.7 Å². The number of hydrogen-bond donors (Lipinski definition) is 3. The molecule has 158 valence electrons. The average molecular weight is 410 g/mol.